The first-order valence-electron chi connectivity index (χ1n) is 6.76. The molecule has 0 atom stereocenters. The Hall–Kier alpha value is -1.98. The molecular weight excluding hydrogens is 360 g/mol. The molecule has 1 heterocycles. The van der Waals surface area contributed by atoms with Crippen molar-refractivity contribution in [3.63, 3.8) is 0 Å². The SMILES string of the molecule is O=C(Cc1ccc(Br)cc1)Nc1nc(-c2ccccc2)cs1. The Morgan fingerprint density at radius 1 is 1.09 bits per heavy atom. The average molecular weight is 373 g/mol. The fraction of sp³-hybridized carbons (Fsp3) is 0.0588. The molecule has 0 saturated carbocycles. The molecule has 22 heavy (non-hydrogen) atoms. The summed E-state index contributed by atoms with van der Waals surface area (Å²) < 4.78 is 1.00. The van der Waals surface area contributed by atoms with Gasteiger partial charge in [0.25, 0.3) is 0 Å². The maximum absolute atomic E-state index is 12.1. The lowest BCUT2D eigenvalue weighted by molar-refractivity contribution is -0.115. The Bertz CT molecular complexity index is 769. The minimum absolute atomic E-state index is 0.0590. The Morgan fingerprint density at radius 3 is 2.55 bits per heavy atom. The van der Waals surface area contributed by atoms with Gasteiger partial charge in [0.05, 0.1) is 12.1 Å². The average Bonchev–Trinajstić information content (AvgIpc) is 2.99. The van der Waals surface area contributed by atoms with Gasteiger partial charge in [-0.15, -0.1) is 11.3 Å². The zero-order valence-corrected chi connectivity index (χ0v) is 14.0. The van der Waals surface area contributed by atoms with Crippen LogP contribution in [0.4, 0.5) is 5.13 Å². The smallest absolute Gasteiger partial charge is 0.230 e. The van der Waals surface area contributed by atoms with Crippen molar-refractivity contribution >= 4 is 38.3 Å². The van der Waals surface area contributed by atoms with Crippen LogP contribution in [0, 0.1) is 0 Å². The van der Waals surface area contributed by atoms with Crippen LogP contribution >= 0.6 is 27.3 Å². The minimum atomic E-state index is -0.0590. The molecule has 5 heteroatoms. The predicted molar refractivity (Wildman–Crippen MR) is 94.0 cm³/mol. The first kappa shape index (κ1) is 14.9. The number of hydrogen-bond donors (Lipinski definition) is 1. The summed E-state index contributed by atoms with van der Waals surface area (Å²) in [5.74, 6) is -0.0590. The maximum Gasteiger partial charge on any atom is 0.230 e. The van der Waals surface area contributed by atoms with Crippen molar-refractivity contribution in [1.29, 1.82) is 0 Å². The highest BCUT2D eigenvalue weighted by atomic mass is 79.9. The third kappa shape index (κ3) is 3.81. The molecule has 0 radical (unpaired) electrons. The van der Waals surface area contributed by atoms with Crippen molar-refractivity contribution in [3.8, 4) is 11.3 Å². The molecule has 0 aliphatic carbocycles. The number of halogens is 1. The maximum atomic E-state index is 12.1. The van der Waals surface area contributed by atoms with E-state index in [-0.39, 0.29) is 5.91 Å². The van der Waals surface area contributed by atoms with Crippen LogP contribution in [0.5, 0.6) is 0 Å². The molecular formula is C17H13BrN2OS. The number of nitrogens with zero attached hydrogens (tertiary/aromatic N) is 1. The standard InChI is InChI=1S/C17H13BrN2OS/c18-14-8-6-12(7-9-14)10-16(21)20-17-19-15(11-22-17)13-4-2-1-3-5-13/h1-9,11H,10H2,(H,19,20,21). The number of carbonyl (C=O) groups is 1. The Morgan fingerprint density at radius 2 is 1.82 bits per heavy atom. The monoisotopic (exact) mass is 372 g/mol. The molecule has 0 fully saturated rings. The van der Waals surface area contributed by atoms with E-state index in [2.05, 4.69) is 26.2 Å². The van der Waals surface area contributed by atoms with Gasteiger partial charge in [0.1, 0.15) is 0 Å². The van der Waals surface area contributed by atoms with Crippen molar-refractivity contribution in [2.45, 2.75) is 6.42 Å². The number of benzene rings is 2. The van der Waals surface area contributed by atoms with E-state index >= 15 is 0 Å². The zero-order valence-electron chi connectivity index (χ0n) is 11.6. The molecule has 110 valence electrons. The van der Waals surface area contributed by atoms with E-state index in [0.29, 0.717) is 11.6 Å². The van der Waals surface area contributed by atoms with Gasteiger partial charge in [0.2, 0.25) is 5.91 Å². The summed E-state index contributed by atoms with van der Waals surface area (Å²) in [7, 11) is 0. The van der Waals surface area contributed by atoms with Crippen LogP contribution in [0.3, 0.4) is 0 Å². The first-order chi connectivity index (χ1) is 10.7. The Kier molecular flexibility index (Phi) is 4.65. The lowest BCUT2D eigenvalue weighted by Crippen LogP contribution is -2.14. The summed E-state index contributed by atoms with van der Waals surface area (Å²) >= 11 is 4.82. The summed E-state index contributed by atoms with van der Waals surface area (Å²) in [5.41, 5.74) is 2.90. The molecule has 2 aromatic carbocycles. The summed E-state index contributed by atoms with van der Waals surface area (Å²) in [6.45, 7) is 0. The van der Waals surface area contributed by atoms with E-state index in [1.165, 1.54) is 11.3 Å². The fourth-order valence-electron chi connectivity index (χ4n) is 2.02. The van der Waals surface area contributed by atoms with Gasteiger partial charge in [-0.25, -0.2) is 4.98 Å². The van der Waals surface area contributed by atoms with Crippen LogP contribution in [0.1, 0.15) is 5.56 Å². The van der Waals surface area contributed by atoms with Gasteiger partial charge in [-0.05, 0) is 17.7 Å². The van der Waals surface area contributed by atoms with Crippen molar-refractivity contribution in [3.05, 3.63) is 70.0 Å². The second kappa shape index (κ2) is 6.85. The first-order valence-corrected chi connectivity index (χ1v) is 8.43. The van der Waals surface area contributed by atoms with Crippen LogP contribution in [0.15, 0.2) is 64.5 Å². The predicted octanol–water partition coefficient (Wildman–Crippen LogP) is 4.75. The molecule has 0 spiro atoms. The molecule has 1 amide bonds. The van der Waals surface area contributed by atoms with E-state index < -0.39 is 0 Å². The van der Waals surface area contributed by atoms with Crippen molar-refractivity contribution < 1.29 is 4.79 Å². The highest BCUT2D eigenvalue weighted by Gasteiger charge is 2.08. The lowest BCUT2D eigenvalue weighted by Gasteiger charge is -2.02. The number of aromatic nitrogens is 1. The van der Waals surface area contributed by atoms with Crippen molar-refractivity contribution in [2.75, 3.05) is 5.32 Å². The summed E-state index contributed by atoms with van der Waals surface area (Å²) in [4.78, 5) is 16.5. The van der Waals surface area contributed by atoms with Crippen LogP contribution < -0.4 is 5.32 Å². The van der Waals surface area contributed by atoms with Crippen LogP contribution in [0.2, 0.25) is 0 Å². The number of hydrogen-bond acceptors (Lipinski definition) is 3. The van der Waals surface area contributed by atoms with Gasteiger partial charge in [-0.3, -0.25) is 4.79 Å². The molecule has 0 unspecified atom stereocenters. The zero-order chi connectivity index (χ0) is 15.4. The van der Waals surface area contributed by atoms with Crippen LogP contribution in [0.25, 0.3) is 11.3 Å². The number of rotatable bonds is 4. The van der Waals surface area contributed by atoms with E-state index in [1.54, 1.807) is 0 Å². The van der Waals surface area contributed by atoms with Gasteiger partial charge >= 0.3 is 0 Å². The van der Waals surface area contributed by atoms with Crippen molar-refractivity contribution in [1.82, 2.24) is 4.98 Å². The van der Waals surface area contributed by atoms with Gasteiger partial charge < -0.3 is 5.32 Å². The second-order valence-electron chi connectivity index (χ2n) is 4.76. The van der Waals surface area contributed by atoms with Gasteiger partial charge in [-0.2, -0.15) is 0 Å². The molecule has 3 nitrogen and oxygen atoms in total. The normalized spacial score (nSPS) is 10.4. The van der Waals surface area contributed by atoms with E-state index in [1.807, 2.05) is 60.0 Å². The minimum Gasteiger partial charge on any atom is -0.302 e. The highest BCUT2D eigenvalue weighted by molar-refractivity contribution is 9.10. The van der Waals surface area contributed by atoms with Gasteiger partial charge in [-0.1, -0.05) is 58.4 Å². The topological polar surface area (TPSA) is 42.0 Å². The Labute approximate surface area is 141 Å². The number of thiazole rings is 1. The molecule has 0 bridgehead atoms. The molecule has 0 saturated heterocycles. The lowest BCUT2D eigenvalue weighted by atomic mass is 10.1. The quantitative estimate of drug-likeness (QED) is 0.717. The molecule has 3 aromatic rings. The van der Waals surface area contributed by atoms with Crippen molar-refractivity contribution in [2.24, 2.45) is 0 Å². The number of nitrogens with one attached hydrogen (secondary N) is 1. The molecule has 1 aromatic heterocycles. The molecule has 3 rings (SSSR count). The summed E-state index contributed by atoms with van der Waals surface area (Å²) in [6.07, 6.45) is 0.341. The van der Waals surface area contributed by atoms with Gasteiger partial charge in [0, 0.05) is 15.4 Å². The summed E-state index contributed by atoms with van der Waals surface area (Å²) in [5, 5.41) is 5.43. The third-order valence-corrected chi connectivity index (χ3v) is 4.38. The number of carbonyl (C=O) groups excluding carboxylic acids is 1. The molecule has 0 aliphatic rings. The van der Waals surface area contributed by atoms with E-state index in [9.17, 15) is 4.79 Å². The molecule has 0 aliphatic heterocycles. The summed E-state index contributed by atoms with van der Waals surface area (Å²) in [6, 6.07) is 17.6. The highest BCUT2D eigenvalue weighted by Crippen LogP contribution is 2.24. The largest absolute Gasteiger partial charge is 0.302 e. The fourth-order valence-corrected chi connectivity index (χ4v) is 3.02. The van der Waals surface area contributed by atoms with Gasteiger partial charge in [0.15, 0.2) is 5.13 Å². The van der Waals surface area contributed by atoms with E-state index in [0.717, 1.165) is 21.3 Å². The number of anilines is 1. The van der Waals surface area contributed by atoms with E-state index in [4.69, 9.17) is 0 Å². The Balaban J connectivity index is 1.65. The van der Waals surface area contributed by atoms with Crippen LogP contribution in [-0.2, 0) is 11.2 Å². The molecule has 1 N–H and O–H groups in total. The second-order valence-corrected chi connectivity index (χ2v) is 6.53. The third-order valence-electron chi connectivity index (χ3n) is 3.10. The number of amides is 1. The van der Waals surface area contributed by atoms with Crippen LogP contribution in [-0.4, -0.2) is 10.9 Å².